The number of hydrogen-bond donors (Lipinski definition) is 4. The lowest BCUT2D eigenvalue weighted by molar-refractivity contribution is 0.102. The molecule has 1 aliphatic rings. The second-order valence-corrected chi connectivity index (χ2v) is 6.14. The highest BCUT2D eigenvalue weighted by molar-refractivity contribution is 7.85. The maximum Gasteiger partial charge on any atom is 0.294 e. The molecule has 3 rings (SSSR count). The Labute approximate surface area is 124 Å². The van der Waals surface area contributed by atoms with E-state index in [1.165, 1.54) is 0 Å². The van der Waals surface area contributed by atoms with Crippen molar-refractivity contribution in [2.45, 2.75) is 4.90 Å². The molecule has 0 saturated heterocycles. The molecule has 8 heteroatoms. The van der Waals surface area contributed by atoms with Crippen LogP contribution in [0.3, 0.4) is 0 Å². The van der Waals surface area contributed by atoms with E-state index in [1.807, 2.05) is 0 Å². The first-order chi connectivity index (χ1) is 10.2. The minimum Gasteiger partial charge on any atom is -0.508 e. The summed E-state index contributed by atoms with van der Waals surface area (Å²) in [5.41, 5.74) is -0.776. The van der Waals surface area contributed by atoms with Crippen molar-refractivity contribution in [2.75, 3.05) is 0 Å². The molecule has 0 aromatic heterocycles. The highest BCUT2D eigenvalue weighted by Gasteiger charge is 2.36. The number of phenolic OH excluding ortho intramolecular Hbond substituents is 2. The van der Waals surface area contributed by atoms with E-state index in [0.717, 1.165) is 30.3 Å². The van der Waals surface area contributed by atoms with Crippen molar-refractivity contribution in [1.29, 1.82) is 0 Å². The van der Waals surface area contributed by atoms with Crippen LogP contribution in [0, 0.1) is 6.10 Å². The Bertz CT molecular complexity index is 915. The Morgan fingerprint density at radius 2 is 1.41 bits per heavy atom. The van der Waals surface area contributed by atoms with Crippen LogP contribution in [0.5, 0.6) is 11.5 Å². The fourth-order valence-corrected chi connectivity index (χ4v) is 2.90. The molecule has 0 bridgehead atoms. The first kappa shape index (κ1) is 14.5. The zero-order valence-electron chi connectivity index (χ0n) is 10.8. The van der Waals surface area contributed by atoms with Crippen molar-refractivity contribution in [3.63, 3.8) is 0 Å². The van der Waals surface area contributed by atoms with E-state index in [4.69, 9.17) is 4.55 Å². The van der Waals surface area contributed by atoms with Gasteiger partial charge in [-0.2, -0.15) is 8.42 Å². The Morgan fingerprint density at radius 1 is 0.818 bits per heavy atom. The molecule has 0 spiro atoms. The molecule has 2 aromatic carbocycles. The van der Waals surface area contributed by atoms with Crippen LogP contribution in [0.15, 0.2) is 35.2 Å². The molecule has 1 aliphatic carbocycles. The van der Waals surface area contributed by atoms with E-state index in [0.29, 0.717) is 0 Å². The van der Waals surface area contributed by atoms with E-state index in [1.54, 1.807) is 0 Å². The minimum absolute atomic E-state index is 0.0571. The number of rotatable bonds is 1. The number of carbonyl (C=O) groups is 1. The van der Waals surface area contributed by atoms with Crippen molar-refractivity contribution in [1.82, 2.24) is 0 Å². The SMILES string of the molecule is O=C1c2ccc(S(=O)(=O)O)cc2[C](O)c2c(O)ccc(O)c21. The van der Waals surface area contributed by atoms with E-state index in [2.05, 4.69) is 0 Å². The molecule has 0 aliphatic heterocycles. The Morgan fingerprint density at radius 3 is 2.00 bits per heavy atom. The van der Waals surface area contributed by atoms with Crippen molar-refractivity contribution < 1.29 is 33.1 Å². The number of aliphatic hydroxyl groups excluding tert-OH is 1. The maximum absolute atomic E-state index is 12.4. The van der Waals surface area contributed by atoms with E-state index in [-0.39, 0.29) is 22.3 Å². The molecule has 2 aromatic rings. The van der Waals surface area contributed by atoms with Crippen LogP contribution in [0.4, 0.5) is 0 Å². The predicted octanol–water partition coefficient (Wildman–Crippen LogP) is 1.19. The standard InChI is InChI=1S/C14H9O7S/c15-9-3-4-10(16)12-11(9)13(17)7-2-1-6(22(19,20)21)5-8(7)14(12)18/h1-5,15-16,18H,(H,19,20,21). The fourth-order valence-electron chi connectivity index (χ4n) is 2.40. The monoisotopic (exact) mass is 321 g/mol. The minimum atomic E-state index is -4.52. The number of benzene rings is 2. The van der Waals surface area contributed by atoms with Crippen molar-refractivity contribution in [3.8, 4) is 11.5 Å². The van der Waals surface area contributed by atoms with Gasteiger partial charge in [-0.25, -0.2) is 0 Å². The molecule has 0 unspecified atom stereocenters. The van der Waals surface area contributed by atoms with Crippen LogP contribution in [0.2, 0.25) is 0 Å². The zero-order chi connectivity index (χ0) is 16.2. The van der Waals surface area contributed by atoms with E-state index in [9.17, 15) is 28.5 Å². The molecule has 0 heterocycles. The van der Waals surface area contributed by atoms with Crippen molar-refractivity contribution in [2.24, 2.45) is 0 Å². The quantitative estimate of drug-likeness (QED) is 0.458. The summed E-state index contributed by atoms with van der Waals surface area (Å²) in [5.74, 6) is -1.55. The molecule has 0 atom stereocenters. The largest absolute Gasteiger partial charge is 0.508 e. The van der Waals surface area contributed by atoms with Crippen LogP contribution in [-0.2, 0) is 10.1 Å². The summed E-state index contributed by atoms with van der Waals surface area (Å²) in [6.45, 7) is 0. The fraction of sp³-hybridized carbons (Fsp3) is 0. The van der Waals surface area contributed by atoms with Gasteiger partial charge in [0, 0.05) is 16.7 Å². The van der Waals surface area contributed by atoms with Gasteiger partial charge in [0.05, 0.1) is 10.5 Å². The van der Waals surface area contributed by atoms with Crippen LogP contribution in [0.1, 0.15) is 27.0 Å². The molecule has 1 radical (unpaired) electrons. The summed E-state index contributed by atoms with van der Waals surface area (Å²) in [6.07, 6.45) is -0.566. The van der Waals surface area contributed by atoms with Crippen molar-refractivity contribution >= 4 is 15.9 Å². The number of ketones is 1. The van der Waals surface area contributed by atoms with Gasteiger partial charge in [0.2, 0.25) is 0 Å². The van der Waals surface area contributed by atoms with Gasteiger partial charge >= 0.3 is 0 Å². The first-order valence-corrected chi connectivity index (χ1v) is 7.43. The Kier molecular flexibility index (Phi) is 2.99. The molecule has 4 N–H and O–H groups in total. The topological polar surface area (TPSA) is 132 Å². The summed E-state index contributed by atoms with van der Waals surface area (Å²) in [7, 11) is -4.52. The van der Waals surface area contributed by atoms with Gasteiger partial charge in [-0.15, -0.1) is 0 Å². The lowest BCUT2D eigenvalue weighted by Gasteiger charge is -2.24. The number of aromatic hydroxyl groups is 2. The predicted molar refractivity (Wildman–Crippen MR) is 72.8 cm³/mol. The van der Waals surface area contributed by atoms with E-state index >= 15 is 0 Å². The van der Waals surface area contributed by atoms with Crippen molar-refractivity contribution in [3.05, 3.63) is 58.7 Å². The molecule has 7 nitrogen and oxygen atoms in total. The second kappa shape index (κ2) is 4.54. The highest BCUT2D eigenvalue weighted by Crippen LogP contribution is 2.43. The molecular weight excluding hydrogens is 312 g/mol. The molecule has 0 saturated carbocycles. The van der Waals surface area contributed by atoms with Crippen LogP contribution >= 0.6 is 0 Å². The third kappa shape index (κ3) is 1.97. The lowest BCUT2D eigenvalue weighted by atomic mass is 9.82. The Balaban J connectivity index is 2.32. The maximum atomic E-state index is 12.4. The van der Waals surface area contributed by atoms with Gasteiger partial charge in [0.15, 0.2) is 11.9 Å². The number of hydrogen-bond acceptors (Lipinski definition) is 6. The number of carbonyl (C=O) groups excluding carboxylic acids is 1. The molecule has 0 amide bonds. The molecule has 113 valence electrons. The van der Waals surface area contributed by atoms with Crippen LogP contribution in [0.25, 0.3) is 0 Å². The Hall–Kier alpha value is -2.42. The molecule has 22 heavy (non-hydrogen) atoms. The first-order valence-electron chi connectivity index (χ1n) is 5.99. The van der Waals surface area contributed by atoms with Gasteiger partial charge in [0.1, 0.15) is 11.5 Å². The van der Waals surface area contributed by atoms with Gasteiger partial charge in [-0.1, -0.05) is 0 Å². The van der Waals surface area contributed by atoms with Gasteiger partial charge < -0.3 is 15.3 Å². The second-order valence-electron chi connectivity index (χ2n) is 4.71. The van der Waals surface area contributed by atoms with Gasteiger partial charge in [-0.3, -0.25) is 9.35 Å². The number of aliphatic hydroxyl groups is 1. The smallest absolute Gasteiger partial charge is 0.294 e. The summed E-state index contributed by atoms with van der Waals surface area (Å²) in [6, 6.07) is 5.24. The zero-order valence-corrected chi connectivity index (χ0v) is 11.6. The van der Waals surface area contributed by atoms with Gasteiger partial charge in [-0.05, 0) is 30.3 Å². The average molecular weight is 321 g/mol. The van der Waals surface area contributed by atoms with Crippen LogP contribution in [-0.4, -0.2) is 34.1 Å². The van der Waals surface area contributed by atoms with Gasteiger partial charge in [0.25, 0.3) is 10.1 Å². The van der Waals surface area contributed by atoms with E-state index < -0.39 is 38.4 Å². The molecular formula is C14H9O7S. The lowest BCUT2D eigenvalue weighted by Crippen LogP contribution is -2.21. The highest BCUT2D eigenvalue weighted by atomic mass is 32.2. The third-order valence-corrected chi connectivity index (χ3v) is 4.26. The third-order valence-electron chi connectivity index (χ3n) is 3.41. The number of fused-ring (bicyclic) bond motifs is 2. The molecule has 0 fully saturated rings. The van der Waals surface area contributed by atoms with Crippen LogP contribution < -0.4 is 0 Å². The number of phenols is 2. The normalized spacial score (nSPS) is 14.5. The average Bonchev–Trinajstić information content (AvgIpc) is 2.45. The summed E-state index contributed by atoms with van der Waals surface area (Å²) in [4.78, 5) is 11.9. The summed E-state index contributed by atoms with van der Waals surface area (Å²) < 4.78 is 31.4. The summed E-state index contributed by atoms with van der Waals surface area (Å²) >= 11 is 0. The summed E-state index contributed by atoms with van der Waals surface area (Å²) in [5, 5.41) is 29.8.